The van der Waals surface area contributed by atoms with Crippen LogP contribution in [0.5, 0.6) is 0 Å². The number of rotatable bonds is 5. The van der Waals surface area contributed by atoms with E-state index in [2.05, 4.69) is 5.32 Å². The van der Waals surface area contributed by atoms with Crippen molar-refractivity contribution < 1.29 is 14.3 Å². The zero-order valence-electron chi connectivity index (χ0n) is 12.7. The van der Waals surface area contributed by atoms with Crippen LogP contribution in [0.2, 0.25) is 0 Å². The minimum absolute atomic E-state index is 0.00328. The monoisotopic (exact) mass is 294 g/mol. The average Bonchev–Trinajstić information content (AvgIpc) is 3.09. The van der Waals surface area contributed by atoms with Crippen LogP contribution >= 0.6 is 0 Å². The molecule has 2 unspecified atom stereocenters. The van der Waals surface area contributed by atoms with Gasteiger partial charge in [0.05, 0.1) is 18.6 Å². The van der Waals surface area contributed by atoms with Crippen molar-refractivity contribution in [2.24, 2.45) is 0 Å². The summed E-state index contributed by atoms with van der Waals surface area (Å²) in [4.78, 5) is 26.0. The van der Waals surface area contributed by atoms with Crippen LogP contribution in [0.4, 0.5) is 0 Å². The molecule has 5 nitrogen and oxygen atoms in total. The summed E-state index contributed by atoms with van der Waals surface area (Å²) in [6.07, 6.45) is 9.36. The van der Waals surface area contributed by atoms with E-state index in [0.717, 1.165) is 58.1 Å². The summed E-state index contributed by atoms with van der Waals surface area (Å²) in [5, 5.41) is 3.27. The zero-order valence-corrected chi connectivity index (χ0v) is 12.7. The first-order valence-corrected chi connectivity index (χ1v) is 8.46. The Kier molecular flexibility index (Phi) is 4.91. The summed E-state index contributed by atoms with van der Waals surface area (Å²) < 4.78 is 5.69. The molecule has 2 aliphatic heterocycles. The zero-order chi connectivity index (χ0) is 14.7. The molecule has 0 aromatic heterocycles. The second-order valence-electron chi connectivity index (χ2n) is 6.53. The molecule has 3 fully saturated rings. The number of likely N-dealkylation sites (tertiary alicyclic amines) is 1. The van der Waals surface area contributed by atoms with Gasteiger partial charge in [0.15, 0.2) is 0 Å². The van der Waals surface area contributed by atoms with Gasteiger partial charge in [-0.25, -0.2) is 0 Å². The van der Waals surface area contributed by atoms with Gasteiger partial charge in [-0.05, 0) is 45.1 Å². The lowest BCUT2D eigenvalue weighted by Gasteiger charge is -2.24. The highest BCUT2D eigenvalue weighted by Gasteiger charge is 2.42. The molecule has 3 rings (SSSR count). The molecule has 0 aromatic carbocycles. The number of amides is 2. The number of carbonyl (C=O) groups is 2. The van der Waals surface area contributed by atoms with Gasteiger partial charge in [-0.1, -0.05) is 12.8 Å². The third kappa shape index (κ3) is 3.46. The summed E-state index contributed by atoms with van der Waals surface area (Å²) in [6.45, 7) is 1.62. The molecule has 2 atom stereocenters. The average molecular weight is 294 g/mol. The van der Waals surface area contributed by atoms with Gasteiger partial charge in [0.25, 0.3) is 0 Å². The van der Waals surface area contributed by atoms with Crippen molar-refractivity contribution in [1.82, 2.24) is 10.2 Å². The van der Waals surface area contributed by atoms with E-state index in [-0.39, 0.29) is 23.9 Å². The first-order valence-electron chi connectivity index (χ1n) is 8.46. The third-order valence-corrected chi connectivity index (χ3v) is 5.00. The van der Waals surface area contributed by atoms with Gasteiger partial charge in [-0.2, -0.15) is 0 Å². The summed E-state index contributed by atoms with van der Waals surface area (Å²) in [5.74, 6) is 0.00905. The van der Waals surface area contributed by atoms with Gasteiger partial charge in [-0.3, -0.25) is 14.5 Å². The van der Waals surface area contributed by atoms with E-state index in [1.165, 1.54) is 6.42 Å². The molecule has 0 aromatic rings. The molecule has 21 heavy (non-hydrogen) atoms. The second-order valence-corrected chi connectivity index (χ2v) is 6.53. The van der Waals surface area contributed by atoms with E-state index in [9.17, 15) is 9.59 Å². The molecule has 0 radical (unpaired) electrons. The minimum Gasteiger partial charge on any atom is -0.378 e. The highest BCUT2D eigenvalue weighted by Crippen LogP contribution is 2.28. The quantitative estimate of drug-likeness (QED) is 0.783. The van der Waals surface area contributed by atoms with Crippen LogP contribution in [0.25, 0.3) is 0 Å². The minimum atomic E-state index is -0.304. The van der Waals surface area contributed by atoms with Crippen molar-refractivity contribution in [3.8, 4) is 0 Å². The Morgan fingerprint density at radius 1 is 1.10 bits per heavy atom. The fraction of sp³-hybridized carbons (Fsp3) is 0.875. The van der Waals surface area contributed by atoms with E-state index in [0.29, 0.717) is 12.5 Å². The molecule has 3 aliphatic rings. The molecule has 118 valence electrons. The molecule has 1 N–H and O–H groups in total. The maximum atomic E-state index is 12.4. The van der Waals surface area contributed by atoms with Crippen LogP contribution in [-0.4, -0.2) is 48.1 Å². The number of nitrogens with zero attached hydrogens (tertiary/aromatic N) is 1. The summed E-state index contributed by atoms with van der Waals surface area (Å²) in [7, 11) is 0. The number of imide groups is 1. The van der Waals surface area contributed by atoms with Gasteiger partial charge in [0.2, 0.25) is 11.8 Å². The molecule has 0 spiro atoms. The van der Waals surface area contributed by atoms with Crippen LogP contribution in [0, 0.1) is 0 Å². The van der Waals surface area contributed by atoms with Crippen molar-refractivity contribution in [3.05, 3.63) is 0 Å². The lowest BCUT2D eigenvalue weighted by molar-refractivity contribution is -0.141. The maximum Gasteiger partial charge on any atom is 0.247 e. The predicted molar refractivity (Wildman–Crippen MR) is 78.7 cm³/mol. The van der Waals surface area contributed by atoms with Crippen LogP contribution in [0.15, 0.2) is 0 Å². The summed E-state index contributed by atoms with van der Waals surface area (Å²) in [5.41, 5.74) is 0. The lowest BCUT2D eigenvalue weighted by Crippen LogP contribution is -2.43. The van der Waals surface area contributed by atoms with Crippen LogP contribution in [0.3, 0.4) is 0 Å². The van der Waals surface area contributed by atoms with Crippen molar-refractivity contribution in [2.75, 3.05) is 13.2 Å². The number of nitrogens with one attached hydrogen (secondary N) is 1. The Hall–Kier alpha value is -0.940. The van der Waals surface area contributed by atoms with E-state index >= 15 is 0 Å². The van der Waals surface area contributed by atoms with Crippen LogP contribution in [-0.2, 0) is 14.3 Å². The fourth-order valence-electron chi connectivity index (χ4n) is 3.81. The third-order valence-electron chi connectivity index (χ3n) is 5.00. The van der Waals surface area contributed by atoms with E-state index in [1.807, 2.05) is 0 Å². The van der Waals surface area contributed by atoms with Crippen molar-refractivity contribution in [2.45, 2.75) is 76.0 Å². The van der Waals surface area contributed by atoms with Gasteiger partial charge in [-0.15, -0.1) is 0 Å². The molecule has 5 heteroatoms. The SMILES string of the molecule is O=C1CC(NCCC2CCCCO2)C(=O)N1C1CCCC1. The van der Waals surface area contributed by atoms with Crippen molar-refractivity contribution in [1.29, 1.82) is 0 Å². The molecular formula is C16H26N2O3. The van der Waals surface area contributed by atoms with E-state index in [4.69, 9.17) is 4.74 Å². The largest absolute Gasteiger partial charge is 0.378 e. The van der Waals surface area contributed by atoms with Gasteiger partial charge >= 0.3 is 0 Å². The Bertz CT molecular complexity index is 387. The van der Waals surface area contributed by atoms with Crippen molar-refractivity contribution >= 4 is 11.8 Å². The van der Waals surface area contributed by atoms with Crippen LogP contribution < -0.4 is 5.32 Å². The van der Waals surface area contributed by atoms with Crippen molar-refractivity contribution in [3.63, 3.8) is 0 Å². The normalized spacial score (nSPS) is 31.3. The van der Waals surface area contributed by atoms with Gasteiger partial charge in [0.1, 0.15) is 0 Å². The smallest absolute Gasteiger partial charge is 0.247 e. The molecule has 2 heterocycles. The molecule has 2 saturated heterocycles. The number of carbonyl (C=O) groups excluding carboxylic acids is 2. The van der Waals surface area contributed by atoms with Crippen LogP contribution in [0.1, 0.15) is 57.8 Å². The number of hydrogen-bond acceptors (Lipinski definition) is 4. The first kappa shape index (κ1) is 15.0. The lowest BCUT2D eigenvalue weighted by atomic mass is 10.1. The Morgan fingerprint density at radius 3 is 2.57 bits per heavy atom. The molecule has 2 amide bonds. The molecule has 0 bridgehead atoms. The van der Waals surface area contributed by atoms with Gasteiger partial charge in [0, 0.05) is 12.6 Å². The number of hydrogen-bond donors (Lipinski definition) is 1. The molecule has 1 saturated carbocycles. The van der Waals surface area contributed by atoms with E-state index < -0.39 is 0 Å². The van der Waals surface area contributed by atoms with E-state index in [1.54, 1.807) is 4.90 Å². The summed E-state index contributed by atoms with van der Waals surface area (Å²) in [6, 6.07) is -0.139. The first-order chi connectivity index (χ1) is 10.3. The maximum absolute atomic E-state index is 12.4. The summed E-state index contributed by atoms with van der Waals surface area (Å²) >= 11 is 0. The number of ether oxygens (including phenoxy) is 1. The molecule has 1 aliphatic carbocycles. The fourth-order valence-corrected chi connectivity index (χ4v) is 3.81. The second kappa shape index (κ2) is 6.88. The predicted octanol–water partition coefficient (Wildman–Crippen LogP) is 1.61. The Morgan fingerprint density at radius 2 is 1.86 bits per heavy atom. The Labute approximate surface area is 126 Å². The standard InChI is InChI=1S/C16H26N2O3/c19-15-11-14(16(20)18(15)12-5-1-2-6-12)17-9-8-13-7-3-4-10-21-13/h12-14,17H,1-11H2. The Balaban J connectivity index is 1.45. The molecular weight excluding hydrogens is 268 g/mol. The highest BCUT2D eigenvalue weighted by atomic mass is 16.5. The van der Waals surface area contributed by atoms with Gasteiger partial charge < -0.3 is 10.1 Å². The topological polar surface area (TPSA) is 58.6 Å². The highest BCUT2D eigenvalue weighted by molar-refractivity contribution is 6.05.